The Labute approximate surface area is 197 Å². The molecular formula is C27H24N2O5. The molecule has 172 valence electrons. The lowest BCUT2D eigenvalue weighted by Crippen LogP contribution is -2.54. The van der Waals surface area contributed by atoms with Crippen LogP contribution < -0.4 is 19.7 Å². The number of methoxy groups -OCH3 is 1. The Hall–Kier alpha value is -4.39. The summed E-state index contributed by atoms with van der Waals surface area (Å²) < 4.78 is 11.4. The Kier molecular flexibility index (Phi) is 6.45. The number of amides is 4. The number of anilines is 1. The Balaban J connectivity index is 1.59. The molecule has 1 N–H and O–H groups in total. The number of nitrogens with zero attached hydrogens (tertiary/aromatic N) is 1. The first-order chi connectivity index (χ1) is 16.4. The summed E-state index contributed by atoms with van der Waals surface area (Å²) in [7, 11) is 1.52. The number of carbonyl (C=O) groups excluding carboxylic acids is 3. The smallest absolute Gasteiger partial charge is 0.335 e. The molecule has 0 aromatic heterocycles. The quantitative estimate of drug-likeness (QED) is 0.434. The van der Waals surface area contributed by atoms with Crippen molar-refractivity contribution in [2.24, 2.45) is 0 Å². The van der Waals surface area contributed by atoms with Crippen LogP contribution in [0.3, 0.4) is 0 Å². The maximum absolute atomic E-state index is 13.0. The lowest BCUT2D eigenvalue weighted by atomic mass is 10.1. The van der Waals surface area contributed by atoms with Gasteiger partial charge >= 0.3 is 6.03 Å². The molecule has 0 bridgehead atoms. The van der Waals surface area contributed by atoms with Crippen LogP contribution in [0.5, 0.6) is 11.5 Å². The molecule has 0 atom stereocenters. The number of urea groups is 1. The summed E-state index contributed by atoms with van der Waals surface area (Å²) >= 11 is 0. The van der Waals surface area contributed by atoms with Crippen molar-refractivity contribution in [1.29, 1.82) is 0 Å². The number of nitrogens with one attached hydrogen (secondary N) is 1. The van der Waals surface area contributed by atoms with Crippen LogP contribution in [0.15, 0.2) is 72.3 Å². The number of ether oxygens (including phenoxy) is 2. The largest absolute Gasteiger partial charge is 0.493 e. The van der Waals surface area contributed by atoms with E-state index in [1.807, 2.05) is 13.8 Å². The van der Waals surface area contributed by atoms with Crippen LogP contribution in [0.2, 0.25) is 0 Å². The predicted molar refractivity (Wildman–Crippen MR) is 129 cm³/mol. The molecule has 3 aromatic carbocycles. The number of imide groups is 2. The second-order valence-electron chi connectivity index (χ2n) is 7.99. The number of para-hydroxylation sites is 1. The molecule has 0 saturated carbocycles. The Morgan fingerprint density at radius 3 is 2.26 bits per heavy atom. The van der Waals surface area contributed by atoms with Gasteiger partial charge in [-0.1, -0.05) is 53.6 Å². The molecule has 0 aliphatic carbocycles. The second-order valence-corrected chi connectivity index (χ2v) is 7.99. The Morgan fingerprint density at radius 2 is 1.59 bits per heavy atom. The van der Waals surface area contributed by atoms with Crippen molar-refractivity contribution in [2.75, 3.05) is 12.0 Å². The summed E-state index contributed by atoms with van der Waals surface area (Å²) in [5, 5.41) is 2.22. The highest BCUT2D eigenvalue weighted by atomic mass is 16.5. The van der Waals surface area contributed by atoms with E-state index in [1.54, 1.807) is 48.5 Å². The normalized spacial score (nSPS) is 14.9. The molecule has 7 nitrogen and oxygen atoms in total. The molecule has 1 heterocycles. The second kappa shape index (κ2) is 9.62. The molecule has 4 amide bonds. The fourth-order valence-corrected chi connectivity index (χ4v) is 3.84. The zero-order valence-corrected chi connectivity index (χ0v) is 19.1. The first-order valence-corrected chi connectivity index (χ1v) is 10.7. The van der Waals surface area contributed by atoms with Gasteiger partial charge in [0.05, 0.1) is 12.8 Å². The first kappa shape index (κ1) is 22.8. The van der Waals surface area contributed by atoms with E-state index in [0.29, 0.717) is 29.4 Å². The number of hydrogen-bond donors (Lipinski definition) is 1. The first-order valence-electron chi connectivity index (χ1n) is 10.7. The van der Waals surface area contributed by atoms with Crippen LogP contribution >= 0.6 is 0 Å². The molecule has 3 aromatic rings. The molecule has 1 fully saturated rings. The van der Waals surface area contributed by atoms with E-state index in [2.05, 4.69) is 23.5 Å². The van der Waals surface area contributed by atoms with E-state index < -0.39 is 17.8 Å². The zero-order chi connectivity index (χ0) is 24.2. The molecule has 4 rings (SSSR count). The molecular weight excluding hydrogens is 432 g/mol. The maximum Gasteiger partial charge on any atom is 0.335 e. The zero-order valence-electron chi connectivity index (χ0n) is 19.1. The van der Waals surface area contributed by atoms with Gasteiger partial charge in [0.15, 0.2) is 11.5 Å². The van der Waals surface area contributed by atoms with Crippen LogP contribution in [0.4, 0.5) is 10.5 Å². The van der Waals surface area contributed by atoms with E-state index in [9.17, 15) is 14.4 Å². The standard InChI is InChI=1S/C27H24N2O5/c1-17-11-18(2)13-20(12-17)16-34-23-10-9-19(15-24(23)33-3)14-22-25(30)28-27(32)29(26(22)31)21-7-5-4-6-8-21/h4-15H,16H2,1-3H3,(H,28,30,32)/b22-14+. The third-order valence-corrected chi connectivity index (χ3v) is 5.29. The van der Waals surface area contributed by atoms with E-state index in [0.717, 1.165) is 21.6 Å². The van der Waals surface area contributed by atoms with Gasteiger partial charge in [-0.05, 0) is 55.3 Å². The van der Waals surface area contributed by atoms with Crippen molar-refractivity contribution >= 4 is 29.6 Å². The fourth-order valence-electron chi connectivity index (χ4n) is 3.84. The van der Waals surface area contributed by atoms with Crippen LogP contribution in [0, 0.1) is 13.8 Å². The number of benzene rings is 3. The summed E-state index contributed by atoms with van der Waals surface area (Å²) in [5.41, 5.74) is 4.12. The monoisotopic (exact) mass is 456 g/mol. The SMILES string of the molecule is COc1cc(/C=C2\C(=O)NC(=O)N(c3ccccc3)C2=O)ccc1OCc1cc(C)cc(C)c1. The van der Waals surface area contributed by atoms with Gasteiger partial charge in [0.1, 0.15) is 12.2 Å². The van der Waals surface area contributed by atoms with Crippen molar-refractivity contribution in [1.82, 2.24) is 5.32 Å². The lowest BCUT2D eigenvalue weighted by molar-refractivity contribution is -0.122. The molecule has 1 aliphatic rings. The van der Waals surface area contributed by atoms with Crippen LogP contribution in [0.25, 0.3) is 6.08 Å². The predicted octanol–water partition coefficient (Wildman–Crippen LogP) is 4.56. The van der Waals surface area contributed by atoms with Gasteiger partial charge in [-0.15, -0.1) is 0 Å². The molecule has 1 aliphatic heterocycles. The van der Waals surface area contributed by atoms with Gasteiger partial charge in [-0.3, -0.25) is 14.9 Å². The van der Waals surface area contributed by atoms with Crippen molar-refractivity contribution in [2.45, 2.75) is 20.5 Å². The number of hydrogen-bond acceptors (Lipinski definition) is 5. The van der Waals surface area contributed by atoms with Gasteiger partial charge in [0, 0.05) is 0 Å². The highest BCUT2D eigenvalue weighted by Crippen LogP contribution is 2.30. The average Bonchev–Trinajstić information content (AvgIpc) is 2.80. The van der Waals surface area contributed by atoms with Crippen LogP contribution in [-0.4, -0.2) is 25.0 Å². The summed E-state index contributed by atoms with van der Waals surface area (Å²) in [5.74, 6) is -0.465. The Bertz CT molecular complexity index is 1280. The van der Waals surface area contributed by atoms with E-state index in [4.69, 9.17) is 9.47 Å². The third-order valence-electron chi connectivity index (χ3n) is 5.29. The maximum atomic E-state index is 13.0. The van der Waals surface area contributed by atoms with Crippen molar-refractivity contribution in [3.8, 4) is 11.5 Å². The van der Waals surface area contributed by atoms with Crippen molar-refractivity contribution in [3.05, 3.63) is 94.6 Å². The Morgan fingerprint density at radius 1 is 0.882 bits per heavy atom. The number of aryl methyl sites for hydroxylation is 2. The number of barbiturate groups is 1. The molecule has 1 saturated heterocycles. The van der Waals surface area contributed by atoms with Crippen LogP contribution in [-0.2, 0) is 16.2 Å². The summed E-state index contributed by atoms with van der Waals surface area (Å²) in [4.78, 5) is 38.7. The average molecular weight is 456 g/mol. The number of rotatable bonds is 6. The minimum atomic E-state index is -0.786. The van der Waals surface area contributed by atoms with Gasteiger partial charge in [-0.25, -0.2) is 9.69 Å². The number of carbonyl (C=O) groups is 3. The fraction of sp³-hybridized carbons (Fsp3) is 0.148. The molecule has 0 radical (unpaired) electrons. The van der Waals surface area contributed by atoms with Gasteiger partial charge in [-0.2, -0.15) is 0 Å². The molecule has 0 unspecified atom stereocenters. The molecule has 34 heavy (non-hydrogen) atoms. The van der Waals surface area contributed by atoms with E-state index >= 15 is 0 Å². The molecule has 0 spiro atoms. The summed E-state index contributed by atoms with van der Waals surface area (Å²) in [6.45, 7) is 4.44. The highest BCUT2D eigenvalue weighted by Gasteiger charge is 2.36. The minimum Gasteiger partial charge on any atom is -0.493 e. The summed E-state index contributed by atoms with van der Waals surface area (Å²) in [6, 6.07) is 19.0. The van der Waals surface area contributed by atoms with Crippen molar-refractivity contribution < 1.29 is 23.9 Å². The minimum absolute atomic E-state index is 0.158. The van der Waals surface area contributed by atoms with Gasteiger partial charge in [0.2, 0.25) is 0 Å². The lowest BCUT2D eigenvalue weighted by Gasteiger charge is -2.26. The topological polar surface area (TPSA) is 84.9 Å². The van der Waals surface area contributed by atoms with E-state index in [1.165, 1.54) is 13.2 Å². The van der Waals surface area contributed by atoms with Gasteiger partial charge in [0.25, 0.3) is 11.8 Å². The third kappa shape index (κ3) is 4.83. The highest BCUT2D eigenvalue weighted by molar-refractivity contribution is 6.39. The van der Waals surface area contributed by atoms with Gasteiger partial charge < -0.3 is 9.47 Å². The summed E-state index contributed by atoms with van der Waals surface area (Å²) in [6.07, 6.45) is 1.43. The van der Waals surface area contributed by atoms with Crippen LogP contribution in [0.1, 0.15) is 22.3 Å². The van der Waals surface area contributed by atoms with Crippen molar-refractivity contribution in [3.63, 3.8) is 0 Å². The van der Waals surface area contributed by atoms with E-state index in [-0.39, 0.29) is 5.57 Å². The molecule has 7 heteroatoms.